The predicted molar refractivity (Wildman–Crippen MR) is 93.5 cm³/mol. The first-order chi connectivity index (χ1) is 11.8. The zero-order valence-corrected chi connectivity index (χ0v) is 14.5. The molecule has 126 valence electrons. The van der Waals surface area contributed by atoms with Gasteiger partial charge in [-0.2, -0.15) is 0 Å². The van der Waals surface area contributed by atoms with Crippen LogP contribution in [-0.4, -0.2) is 38.8 Å². The van der Waals surface area contributed by atoms with E-state index in [9.17, 15) is 0 Å². The van der Waals surface area contributed by atoms with E-state index in [-0.39, 0.29) is 0 Å². The molecule has 0 radical (unpaired) electrons. The highest BCUT2D eigenvalue weighted by Gasteiger charge is 2.34. The van der Waals surface area contributed by atoms with Gasteiger partial charge in [0, 0.05) is 23.5 Å². The van der Waals surface area contributed by atoms with Crippen LogP contribution in [0.1, 0.15) is 48.8 Å². The number of aromatic nitrogens is 3. The number of hydrogen-bond acceptors (Lipinski definition) is 4. The maximum Gasteiger partial charge on any atom is 0.151 e. The fraction of sp³-hybridized carbons (Fsp3) is 0.556. The van der Waals surface area contributed by atoms with E-state index in [0.717, 1.165) is 55.7 Å². The molecule has 0 atom stereocenters. The summed E-state index contributed by atoms with van der Waals surface area (Å²) >= 11 is 6.30. The Labute approximate surface area is 147 Å². The molecule has 2 fully saturated rings. The van der Waals surface area contributed by atoms with Gasteiger partial charge in [0.25, 0.3) is 0 Å². The van der Waals surface area contributed by atoms with Crippen molar-refractivity contribution in [3.05, 3.63) is 40.4 Å². The molecule has 5 nitrogen and oxygen atoms in total. The van der Waals surface area contributed by atoms with Crippen molar-refractivity contribution < 1.29 is 0 Å². The van der Waals surface area contributed by atoms with Gasteiger partial charge in [-0.3, -0.25) is 9.47 Å². The molecule has 1 aromatic carbocycles. The molecular weight excluding hydrogens is 322 g/mol. The SMILES string of the molecule is Clc1ccc2c(c1)CN(C1CC1)Cc1nnc(C3CCNCC3)n1-2. The van der Waals surface area contributed by atoms with E-state index >= 15 is 0 Å². The van der Waals surface area contributed by atoms with Crippen LogP contribution in [0.25, 0.3) is 5.69 Å². The van der Waals surface area contributed by atoms with Crippen molar-refractivity contribution in [2.24, 2.45) is 0 Å². The van der Waals surface area contributed by atoms with Crippen molar-refractivity contribution in [2.75, 3.05) is 13.1 Å². The van der Waals surface area contributed by atoms with Crippen LogP contribution in [0, 0.1) is 0 Å². The summed E-state index contributed by atoms with van der Waals surface area (Å²) in [6, 6.07) is 6.95. The molecule has 2 aromatic rings. The summed E-state index contributed by atoms with van der Waals surface area (Å²) in [5, 5.41) is 13.5. The lowest BCUT2D eigenvalue weighted by molar-refractivity contribution is 0.243. The number of hydrogen-bond donors (Lipinski definition) is 1. The Hall–Kier alpha value is -1.43. The van der Waals surface area contributed by atoms with Gasteiger partial charge in [-0.25, -0.2) is 0 Å². The molecular formula is C18H22ClN5. The number of piperidine rings is 1. The second-order valence-electron chi connectivity index (χ2n) is 7.24. The third-order valence-electron chi connectivity index (χ3n) is 5.52. The molecule has 0 unspecified atom stereocenters. The van der Waals surface area contributed by atoms with Crippen LogP contribution in [0.5, 0.6) is 0 Å². The van der Waals surface area contributed by atoms with Crippen LogP contribution in [-0.2, 0) is 13.1 Å². The van der Waals surface area contributed by atoms with Gasteiger partial charge in [-0.15, -0.1) is 10.2 Å². The Morgan fingerprint density at radius 1 is 1.04 bits per heavy atom. The summed E-state index contributed by atoms with van der Waals surface area (Å²) in [6.07, 6.45) is 4.86. The lowest BCUT2D eigenvalue weighted by Gasteiger charge is -2.23. The minimum Gasteiger partial charge on any atom is -0.317 e. The minimum atomic E-state index is 0.489. The molecule has 3 aliphatic rings. The highest BCUT2D eigenvalue weighted by Crippen LogP contribution is 2.36. The average Bonchev–Trinajstić information content (AvgIpc) is 3.38. The van der Waals surface area contributed by atoms with Crippen molar-refractivity contribution in [1.82, 2.24) is 25.0 Å². The molecule has 0 spiro atoms. The molecule has 0 amide bonds. The van der Waals surface area contributed by atoms with E-state index in [1.165, 1.54) is 24.1 Å². The van der Waals surface area contributed by atoms with E-state index in [1.54, 1.807) is 0 Å². The summed E-state index contributed by atoms with van der Waals surface area (Å²) in [6.45, 7) is 3.97. The lowest BCUT2D eigenvalue weighted by atomic mass is 9.97. The van der Waals surface area contributed by atoms with Crippen molar-refractivity contribution >= 4 is 11.6 Å². The summed E-state index contributed by atoms with van der Waals surface area (Å²) in [7, 11) is 0. The Balaban J connectivity index is 1.63. The number of halogens is 1. The van der Waals surface area contributed by atoms with E-state index in [0.29, 0.717) is 12.0 Å². The van der Waals surface area contributed by atoms with E-state index in [2.05, 4.69) is 37.1 Å². The molecule has 1 saturated carbocycles. The predicted octanol–water partition coefficient (Wildman–Crippen LogP) is 2.87. The van der Waals surface area contributed by atoms with E-state index < -0.39 is 0 Å². The normalized spacial score (nSPS) is 22.0. The molecule has 24 heavy (non-hydrogen) atoms. The third kappa shape index (κ3) is 2.55. The van der Waals surface area contributed by atoms with Crippen molar-refractivity contribution in [1.29, 1.82) is 0 Å². The summed E-state index contributed by atoms with van der Waals surface area (Å²) in [4.78, 5) is 2.54. The van der Waals surface area contributed by atoms with Crippen LogP contribution < -0.4 is 5.32 Å². The zero-order valence-electron chi connectivity index (χ0n) is 13.7. The first-order valence-corrected chi connectivity index (χ1v) is 9.35. The Kier molecular flexibility index (Phi) is 3.61. The van der Waals surface area contributed by atoms with Crippen LogP contribution in [0.3, 0.4) is 0 Å². The number of fused-ring (bicyclic) bond motifs is 3. The van der Waals surface area contributed by atoms with E-state index in [4.69, 9.17) is 11.6 Å². The third-order valence-corrected chi connectivity index (χ3v) is 5.76. The highest BCUT2D eigenvalue weighted by molar-refractivity contribution is 6.30. The lowest BCUT2D eigenvalue weighted by Crippen LogP contribution is -2.28. The molecule has 1 saturated heterocycles. The van der Waals surface area contributed by atoms with Gasteiger partial charge in [-0.05, 0) is 62.5 Å². The second-order valence-corrected chi connectivity index (χ2v) is 7.68. The van der Waals surface area contributed by atoms with Gasteiger partial charge < -0.3 is 5.32 Å². The average molecular weight is 344 g/mol. The van der Waals surface area contributed by atoms with Crippen LogP contribution in [0.15, 0.2) is 18.2 Å². The Bertz CT molecular complexity index is 761. The molecule has 2 aliphatic heterocycles. The Morgan fingerprint density at radius 3 is 2.67 bits per heavy atom. The quantitative estimate of drug-likeness (QED) is 0.910. The van der Waals surface area contributed by atoms with Gasteiger partial charge >= 0.3 is 0 Å². The number of nitrogens with zero attached hydrogens (tertiary/aromatic N) is 4. The molecule has 3 heterocycles. The smallest absolute Gasteiger partial charge is 0.151 e. The van der Waals surface area contributed by atoms with Gasteiger partial charge in [-0.1, -0.05) is 11.6 Å². The zero-order chi connectivity index (χ0) is 16.1. The van der Waals surface area contributed by atoms with Gasteiger partial charge in [0.2, 0.25) is 0 Å². The van der Waals surface area contributed by atoms with Crippen LogP contribution >= 0.6 is 11.6 Å². The maximum atomic E-state index is 6.30. The Morgan fingerprint density at radius 2 is 1.88 bits per heavy atom. The van der Waals surface area contributed by atoms with Crippen molar-refractivity contribution in [2.45, 2.75) is 50.7 Å². The topological polar surface area (TPSA) is 46.0 Å². The number of rotatable bonds is 2. The van der Waals surface area contributed by atoms with Crippen molar-refractivity contribution in [3.8, 4) is 5.69 Å². The number of nitrogens with one attached hydrogen (secondary N) is 1. The fourth-order valence-corrected chi connectivity index (χ4v) is 4.29. The molecule has 5 rings (SSSR count). The standard InChI is InChI=1S/C18H22ClN5/c19-14-1-4-16-13(9-14)10-23(15-2-3-15)11-17-21-22-18(24(16)17)12-5-7-20-8-6-12/h1,4,9,12,15,20H,2-3,5-8,10-11H2. The fourth-order valence-electron chi connectivity index (χ4n) is 4.09. The monoisotopic (exact) mass is 343 g/mol. The van der Waals surface area contributed by atoms with E-state index in [1.807, 2.05) is 6.07 Å². The molecule has 1 aromatic heterocycles. The minimum absolute atomic E-state index is 0.489. The largest absolute Gasteiger partial charge is 0.317 e. The summed E-state index contributed by atoms with van der Waals surface area (Å²) < 4.78 is 2.32. The second kappa shape index (κ2) is 5.83. The number of benzene rings is 1. The first-order valence-electron chi connectivity index (χ1n) is 8.97. The summed E-state index contributed by atoms with van der Waals surface area (Å²) in [5.74, 6) is 2.70. The van der Waals surface area contributed by atoms with Gasteiger partial charge in [0.1, 0.15) is 5.82 Å². The summed E-state index contributed by atoms with van der Waals surface area (Å²) in [5.41, 5.74) is 2.51. The van der Waals surface area contributed by atoms with Crippen molar-refractivity contribution in [3.63, 3.8) is 0 Å². The molecule has 0 bridgehead atoms. The van der Waals surface area contributed by atoms with Gasteiger partial charge in [0.15, 0.2) is 5.82 Å². The first kappa shape index (κ1) is 14.9. The highest BCUT2D eigenvalue weighted by atomic mass is 35.5. The molecule has 6 heteroatoms. The molecule has 1 aliphatic carbocycles. The molecule has 1 N–H and O–H groups in total. The maximum absolute atomic E-state index is 6.30. The van der Waals surface area contributed by atoms with Crippen LogP contribution in [0.4, 0.5) is 0 Å². The van der Waals surface area contributed by atoms with Gasteiger partial charge in [0.05, 0.1) is 12.2 Å². The van der Waals surface area contributed by atoms with Crippen LogP contribution in [0.2, 0.25) is 5.02 Å².